The molecule has 1 aromatic rings. The molecule has 0 spiro atoms. The Kier molecular flexibility index (Phi) is 4.15. The summed E-state index contributed by atoms with van der Waals surface area (Å²) in [4.78, 5) is 0. The standard InChI is InChI=1S/C13H19OSi/c1-6-11-8-7-9-12(14-10(2)3)13(11)15(4)5/h6-10H,1H2,2-5H3. The first-order valence-electron chi connectivity index (χ1n) is 5.29. The van der Waals surface area contributed by atoms with Crippen molar-refractivity contribution in [3.8, 4) is 5.75 Å². The van der Waals surface area contributed by atoms with Gasteiger partial charge in [0, 0.05) is 0 Å². The van der Waals surface area contributed by atoms with Gasteiger partial charge in [-0.15, -0.1) is 0 Å². The summed E-state index contributed by atoms with van der Waals surface area (Å²) >= 11 is 0. The summed E-state index contributed by atoms with van der Waals surface area (Å²) in [6.45, 7) is 12.5. The Morgan fingerprint density at radius 3 is 2.47 bits per heavy atom. The van der Waals surface area contributed by atoms with Gasteiger partial charge in [-0.1, -0.05) is 37.9 Å². The number of rotatable bonds is 4. The summed E-state index contributed by atoms with van der Waals surface area (Å²) in [6, 6.07) is 6.19. The van der Waals surface area contributed by atoms with Crippen molar-refractivity contribution in [2.24, 2.45) is 0 Å². The lowest BCUT2D eigenvalue weighted by molar-refractivity contribution is 0.244. The third kappa shape index (κ3) is 2.96. The van der Waals surface area contributed by atoms with Crippen LogP contribution in [0.5, 0.6) is 5.75 Å². The van der Waals surface area contributed by atoms with Crippen LogP contribution in [0.2, 0.25) is 13.1 Å². The third-order valence-electron chi connectivity index (χ3n) is 2.14. The largest absolute Gasteiger partial charge is 0.491 e. The van der Waals surface area contributed by atoms with Gasteiger partial charge in [0.15, 0.2) is 0 Å². The zero-order valence-corrected chi connectivity index (χ0v) is 11.0. The van der Waals surface area contributed by atoms with E-state index in [1.54, 1.807) is 0 Å². The summed E-state index contributed by atoms with van der Waals surface area (Å²) in [6.07, 6.45) is 2.14. The summed E-state index contributed by atoms with van der Waals surface area (Å²) in [5.74, 6) is 1.03. The quantitative estimate of drug-likeness (QED) is 0.707. The van der Waals surface area contributed by atoms with Crippen LogP contribution in [0.25, 0.3) is 6.08 Å². The van der Waals surface area contributed by atoms with E-state index in [4.69, 9.17) is 4.74 Å². The fourth-order valence-electron chi connectivity index (χ4n) is 1.61. The van der Waals surface area contributed by atoms with Crippen molar-refractivity contribution in [3.63, 3.8) is 0 Å². The first-order valence-corrected chi connectivity index (χ1v) is 7.79. The Labute approximate surface area is 94.4 Å². The van der Waals surface area contributed by atoms with Gasteiger partial charge in [-0.3, -0.25) is 0 Å². The van der Waals surface area contributed by atoms with Gasteiger partial charge in [-0.2, -0.15) is 0 Å². The lowest BCUT2D eigenvalue weighted by atomic mass is 10.2. The lowest BCUT2D eigenvalue weighted by Crippen LogP contribution is -2.28. The van der Waals surface area contributed by atoms with E-state index in [2.05, 4.69) is 45.7 Å². The van der Waals surface area contributed by atoms with Gasteiger partial charge in [0.25, 0.3) is 0 Å². The van der Waals surface area contributed by atoms with Crippen molar-refractivity contribution >= 4 is 20.1 Å². The normalized spacial score (nSPS) is 10.8. The van der Waals surface area contributed by atoms with Crippen LogP contribution in [-0.4, -0.2) is 14.9 Å². The molecular formula is C13H19OSi. The molecule has 0 saturated carbocycles. The molecule has 0 N–H and O–H groups in total. The van der Waals surface area contributed by atoms with Crippen LogP contribution in [0.15, 0.2) is 24.8 Å². The predicted molar refractivity (Wildman–Crippen MR) is 69.4 cm³/mol. The SMILES string of the molecule is C=Cc1cccc(OC(C)C)c1[Si](C)C. The van der Waals surface area contributed by atoms with E-state index in [0.717, 1.165) is 5.75 Å². The monoisotopic (exact) mass is 219 g/mol. The van der Waals surface area contributed by atoms with E-state index < -0.39 is 8.80 Å². The van der Waals surface area contributed by atoms with Gasteiger partial charge in [0.2, 0.25) is 0 Å². The van der Waals surface area contributed by atoms with Crippen LogP contribution >= 0.6 is 0 Å². The smallest absolute Gasteiger partial charge is 0.119 e. The summed E-state index contributed by atoms with van der Waals surface area (Å²) in [7, 11) is -0.525. The van der Waals surface area contributed by atoms with Gasteiger partial charge in [-0.25, -0.2) is 0 Å². The topological polar surface area (TPSA) is 9.23 Å². The number of hydrogen-bond donors (Lipinski definition) is 0. The highest BCUT2D eigenvalue weighted by atomic mass is 28.3. The van der Waals surface area contributed by atoms with Crippen LogP contribution in [-0.2, 0) is 0 Å². The molecule has 0 aromatic heterocycles. The van der Waals surface area contributed by atoms with Crippen molar-refractivity contribution in [2.45, 2.75) is 33.0 Å². The van der Waals surface area contributed by atoms with Crippen LogP contribution in [0.1, 0.15) is 19.4 Å². The van der Waals surface area contributed by atoms with E-state index in [9.17, 15) is 0 Å². The molecule has 0 saturated heterocycles. The van der Waals surface area contributed by atoms with E-state index in [1.165, 1.54) is 10.8 Å². The minimum Gasteiger partial charge on any atom is -0.491 e. The summed E-state index contributed by atoms with van der Waals surface area (Å²) < 4.78 is 5.83. The molecule has 0 fully saturated rings. The van der Waals surface area contributed by atoms with Crippen molar-refractivity contribution in [2.75, 3.05) is 0 Å². The molecule has 81 valence electrons. The van der Waals surface area contributed by atoms with Crippen molar-refractivity contribution in [3.05, 3.63) is 30.3 Å². The first-order chi connectivity index (χ1) is 7.06. The second kappa shape index (κ2) is 5.17. The third-order valence-corrected chi connectivity index (χ3v) is 3.68. The van der Waals surface area contributed by atoms with Crippen LogP contribution < -0.4 is 9.92 Å². The summed E-state index contributed by atoms with van der Waals surface area (Å²) in [5, 5.41) is 1.35. The van der Waals surface area contributed by atoms with E-state index in [-0.39, 0.29) is 6.10 Å². The average molecular weight is 219 g/mol. The molecule has 1 radical (unpaired) electrons. The van der Waals surface area contributed by atoms with Gasteiger partial charge in [0.05, 0.1) is 14.9 Å². The molecular weight excluding hydrogens is 200 g/mol. The molecule has 0 aliphatic carbocycles. The molecule has 0 bridgehead atoms. The zero-order chi connectivity index (χ0) is 11.4. The second-order valence-electron chi connectivity index (χ2n) is 4.09. The minimum atomic E-state index is -0.525. The maximum atomic E-state index is 5.83. The lowest BCUT2D eigenvalue weighted by Gasteiger charge is -2.18. The zero-order valence-electron chi connectivity index (χ0n) is 10.0. The first kappa shape index (κ1) is 12.0. The van der Waals surface area contributed by atoms with Crippen molar-refractivity contribution < 1.29 is 4.74 Å². The molecule has 0 aliphatic heterocycles. The molecule has 0 heterocycles. The van der Waals surface area contributed by atoms with Gasteiger partial charge >= 0.3 is 0 Å². The average Bonchev–Trinajstić information content (AvgIpc) is 2.15. The summed E-state index contributed by atoms with van der Waals surface area (Å²) in [5.41, 5.74) is 1.21. The van der Waals surface area contributed by atoms with E-state index >= 15 is 0 Å². The highest BCUT2D eigenvalue weighted by Crippen LogP contribution is 2.14. The van der Waals surface area contributed by atoms with Crippen LogP contribution in [0, 0.1) is 0 Å². The van der Waals surface area contributed by atoms with Crippen LogP contribution in [0.3, 0.4) is 0 Å². The molecule has 0 unspecified atom stereocenters. The highest BCUT2D eigenvalue weighted by molar-refractivity contribution is 6.72. The number of ether oxygens (including phenoxy) is 1. The van der Waals surface area contributed by atoms with E-state index in [0.29, 0.717) is 0 Å². The number of benzene rings is 1. The fourth-order valence-corrected chi connectivity index (χ4v) is 3.00. The minimum absolute atomic E-state index is 0.227. The molecule has 1 aromatic carbocycles. The number of hydrogen-bond acceptors (Lipinski definition) is 1. The van der Waals surface area contributed by atoms with E-state index in [1.807, 2.05) is 12.1 Å². The maximum absolute atomic E-state index is 5.83. The highest BCUT2D eigenvalue weighted by Gasteiger charge is 2.13. The molecule has 1 nitrogen and oxygen atoms in total. The van der Waals surface area contributed by atoms with Gasteiger partial charge < -0.3 is 4.74 Å². The predicted octanol–water partition coefficient (Wildman–Crippen LogP) is 3.08. The molecule has 0 atom stereocenters. The molecule has 15 heavy (non-hydrogen) atoms. The second-order valence-corrected chi connectivity index (χ2v) is 6.59. The van der Waals surface area contributed by atoms with Crippen molar-refractivity contribution in [1.82, 2.24) is 0 Å². The Hall–Kier alpha value is -1.02. The van der Waals surface area contributed by atoms with Gasteiger partial charge in [0.1, 0.15) is 5.75 Å². The maximum Gasteiger partial charge on any atom is 0.119 e. The Balaban J connectivity index is 3.19. The Morgan fingerprint density at radius 2 is 2.00 bits per heavy atom. The van der Waals surface area contributed by atoms with Crippen molar-refractivity contribution in [1.29, 1.82) is 0 Å². The van der Waals surface area contributed by atoms with Gasteiger partial charge in [-0.05, 0) is 30.7 Å². The Bertz CT molecular complexity index is 342. The van der Waals surface area contributed by atoms with Crippen LogP contribution in [0.4, 0.5) is 0 Å². The molecule has 2 heteroatoms. The molecule has 0 aliphatic rings. The fraction of sp³-hybridized carbons (Fsp3) is 0.385. The molecule has 1 rings (SSSR count). The Morgan fingerprint density at radius 1 is 1.33 bits per heavy atom. The molecule has 0 amide bonds.